The van der Waals surface area contributed by atoms with Crippen molar-refractivity contribution in [3.63, 3.8) is 0 Å². The van der Waals surface area contributed by atoms with Gasteiger partial charge in [-0.1, -0.05) is 29.8 Å². The summed E-state index contributed by atoms with van der Waals surface area (Å²) in [5.41, 5.74) is 1.40. The molecule has 2 aromatic rings. The van der Waals surface area contributed by atoms with E-state index in [-0.39, 0.29) is 5.92 Å². The van der Waals surface area contributed by atoms with Crippen LogP contribution in [0.4, 0.5) is 8.78 Å². The Labute approximate surface area is 121 Å². The van der Waals surface area contributed by atoms with Gasteiger partial charge < -0.3 is 0 Å². The van der Waals surface area contributed by atoms with Crippen LogP contribution in [0.3, 0.4) is 0 Å². The van der Waals surface area contributed by atoms with E-state index in [2.05, 4.69) is 0 Å². The minimum absolute atomic E-state index is 0.0553. The number of rotatable bonds is 4. The summed E-state index contributed by atoms with van der Waals surface area (Å²) in [6, 6.07) is 10.9. The van der Waals surface area contributed by atoms with Gasteiger partial charge in [-0.3, -0.25) is 0 Å². The van der Waals surface area contributed by atoms with E-state index in [9.17, 15) is 8.78 Å². The van der Waals surface area contributed by atoms with E-state index in [1.54, 1.807) is 6.07 Å². The molecule has 1 unspecified atom stereocenters. The van der Waals surface area contributed by atoms with E-state index >= 15 is 0 Å². The number of hydrogen-bond acceptors (Lipinski definition) is 0. The van der Waals surface area contributed by atoms with Crippen LogP contribution in [0.15, 0.2) is 42.5 Å². The Hall–Kier alpha value is -1.12. The molecule has 0 saturated heterocycles. The summed E-state index contributed by atoms with van der Waals surface area (Å²) in [5, 5.41) is 0.618. The maximum absolute atomic E-state index is 13.6. The molecule has 0 aliphatic carbocycles. The molecule has 0 amide bonds. The molecule has 0 nitrogen and oxygen atoms in total. The summed E-state index contributed by atoms with van der Waals surface area (Å²) in [6.45, 7) is 0. The zero-order valence-electron chi connectivity index (χ0n) is 10.0. The fourth-order valence-corrected chi connectivity index (χ4v) is 2.46. The van der Waals surface area contributed by atoms with Crippen LogP contribution in [0.5, 0.6) is 0 Å². The second kappa shape index (κ2) is 6.36. The monoisotopic (exact) mass is 300 g/mol. The molecule has 0 N–H and O–H groups in total. The Morgan fingerprint density at radius 2 is 1.84 bits per heavy atom. The first-order valence-corrected chi connectivity index (χ1v) is 6.76. The van der Waals surface area contributed by atoms with E-state index in [0.717, 1.165) is 11.6 Å². The van der Waals surface area contributed by atoms with E-state index in [4.69, 9.17) is 23.2 Å². The summed E-state index contributed by atoms with van der Waals surface area (Å²) < 4.78 is 26.5. The van der Waals surface area contributed by atoms with Gasteiger partial charge in [-0.2, -0.15) is 0 Å². The summed E-state index contributed by atoms with van der Waals surface area (Å²) in [7, 11) is 0. The Morgan fingerprint density at radius 3 is 2.47 bits per heavy atom. The number of alkyl halides is 1. The molecular formula is C15H12Cl2F2. The first-order valence-electron chi connectivity index (χ1n) is 5.85. The van der Waals surface area contributed by atoms with Crippen LogP contribution < -0.4 is 0 Å². The molecule has 0 fully saturated rings. The molecule has 4 heteroatoms. The number of hydrogen-bond donors (Lipinski definition) is 0. The Balaban J connectivity index is 2.24. The van der Waals surface area contributed by atoms with Gasteiger partial charge in [0.1, 0.15) is 11.6 Å². The normalized spacial score (nSPS) is 12.4. The lowest BCUT2D eigenvalue weighted by Gasteiger charge is -2.15. The van der Waals surface area contributed by atoms with Crippen LogP contribution >= 0.6 is 23.2 Å². The van der Waals surface area contributed by atoms with E-state index in [1.165, 1.54) is 12.1 Å². The molecule has 2 rings (SSSR count). The fraction of sp³-hybridized carbons (Fsp3) is 0.200. The quantitative estimate of drug-likeness (QED) is 0.682. The van der Waals surface area contributed by atoms with Gasteiger partial charge in [-0.15, -0.1) is 11.6 Å². The molecule has 0 aliphatic rings. The molecule has 0 heterocycles. The molecule has 100 valence electrons. The van der Waals surface area contributed by atoms with Crippen LogP contribution in [0.1, 0.15) is 17.0 Å². The molecule has 0 bridgehead atoms. The SMILES string of the molecule is Fc1ccc(CC(CCl)c2cccc(Cl)c2)c(F)c1. The van der Waals surface area contributed by atoms with Gasteiger partial charge in [0, 0.05) is 22.9 Å². The highest BCUT2D eigenvalue weighted by Gasteiger charge is 2.14. The zero-order chi connectivity index (χ0) is 13.8. The number of benzene rings is 2. The van der Waals surface area contributed by atoms with Crippen LogP contribution in [0.2, 0.25) is 5.02 Å². The lowest BCUT2D eigenvalue weighted by Crippen LogP contribution is -2.06. The van der Waals surface area contributed by atoms with Gasteiger partial charge in [-0.25, -0.2) is 8.78 Å². The lowest BCUT2D eigenvalue weighted by molar-refractivity contribution is 0.566. The average Bonchev–Trinajstić information content (AvgIpc) is 2.38. The van der Waals surface area contributed by atoms with E-state index in [0.29, 0.717) is 22.9 Å². The molecule has 0 spiro atoms. The average molecular weight is 301 g/mol. The van der Waals surface area contributed by atoms with Gasteiger partial charge in [0.25, 0.3) is 0 Å². The molecule has 0 radical (unpaired) electrons. The Morgan fingerprint density at radius 1 is 1.05 bits per heavy atom. The maximum Gasteiger partial charge on any atom is 0.129 e. The highest BCUT2D eigenvalue weighted by Crippen LogP contribution is 2.26. The molecule has 0 saturated carbocycles. The first kappa shape index (κ1) is 14.3. The van der Waals surface area contributed by atoms with Crippen molar-refractivity contribution in [2.45, 2.75) is 12.3 Å². The summed E-state index contributed by atoms with van der Waals surface area (Å²) >= 11 is 11.9. The van der Waals surface area contributed by atoms with Crippen LogP contribution in [0.25, 0.3) is 0 Å². The molecule has 0 aliphatic heterocycles. The van der Waals surface area contributed by atoms with Gasteiger partial charge in [-0.05, 0) is 35.7 Å². The molecular weight excluding hydrogens is 289 g/mol. The molecule has 2 aromatic carbocycles. The van der Waals surface area contributed by atoms with Gasteiger partial charge in [0.2, 0.25) is 0 Å². The van der Waals surface area contributed by atoms with Gasteiger partial charge in [0.15, 0.2) is 0 Å². The lowest BCUT2D eigenvalue weighted by atomic mass is 9.93. The van der Waals surface area contributed by atoms with Crippen molar-refractivity contribution in [2.24, 2.45) is 0 Å². The highest BCUT2D eigenvalue weighted by molar-refractivity contribution is 6.30. The standard InChI is InChI=1S/C15H12Cl2F2/c16-9-12(10-2-1-3-13(17)7-10)6-11-4-5-14(18)8-15(11)19/h1-5,7-8,12H,6,9H2. The fourth-order valence-electron chi connectivity index (χ4n) is 1.97. The Kier molecular flexibility index (Phi) is 4.78. The van der Waals surface area contributed by atoms with Crippen molar-refractivity contribution in [2.75, 3.05) is 5.88 Å². The summed E-state index contributed by atoms with van der Waals surface area (Å²) in [4.78, 5) is 0. The van der Waals surface area contributed by atoms with Crippen LogP contribution in [-0.2, 0) is 6.42 Å². The third-order valence-corrected chi connectivity index (χ3v) is 3.60. The third-order valence-electron chi connectivity index (χ3n) is 2.99. The largest absolute Gasteiger partial charge is 0.207 e. The van der Waals surface area contributed by atoms with Crippen molar-refractivity contribution in [3.05, 3.63) is 70.2 Å². The zero-order valence-corrected chi connectivity index (χ0v) is 11.6. The number of halogens is 4. The highest BCUT2D eigenvalue weighted by atomic mass is 35.5. The van der Waals surface area contributed by atoms with E-state index in [1.807, 2.05) is 18.2 Å². The van der Waals surface area contributed by atoms with Crippen LogP contribution in [-0.4, -0.2) is 5.88 Å². The van der Waals surface area contributed by atoms with Gasteiger partial charge >= 0.3 is 0 Å². The second-order valence-corrected chi connectivity index (χ2v) is 5.09. The predicted octanol–water partition coefficient (Wildman–Crippen LogP) is 5.18. The molecule has 19 heavy (non-hydrogen) atoms. The summed E-state index contributed by atoms with van der Waals surface area (Å²) in [5.74, 6) is -0.833. The molecule has 1 atom stereocenters. The first-order chi connectivity index (χ1) is 9.10. The van der Waals surface area contributed by atoms with E-state index < -0.39 is 11.6 Å². The third kappa shape index (κ3) is 3.68. The van der Waals surface area contributed by atoms with Crippen molar-refractivity contribution in [1.82, 2.24) is 0 Å². The Bertz CT molecular complexity index is 570. The van der Waals surface area contributed by atoms with Crippen molar-refractivity contribution >= 4 is 23.2 Å². The smallest absolute Gasteiger partial charge is 0.129 e. The van der Waals surface area contributed by atoms with Crippen LogP contribution in [0, 0.1) is 11.6 Å². The van der Waals surface area contributed by atoms with Crippen molar-refractivity contribution < 1.29 is 8.78 Å². The maximum atomic E-state index is 13.6. The predicted molar refractivity (Wildman–Crippen MR) is 75.0 cm³/mol. The molecule has 0 aromatic heterocycles. The minimum Gasteiger partial charge on any atom is -0.207 e. The topological polar surface area (TPSA) is 0 Å². The van der Waals surface area contributed by atoms with Crippen molar-refractivity contribution in [3.8, 4) is 0 Å². The second-order valence-electron chi connectivity index (χ2n) is 4.35. The minimum atomic E-state index is -0.577. The van der Waals surface area contributed by atoms with Gasteiger partial charge in [0.05, 0.1) is 0 Å². The summed E-state index contributed by atoms with van der Waals surface area (Å²) in [6.07, 6.45) is 0.413. The van der Waals surface area contributed by atoms with Crippen molar-refractivity contribution in [1.29, 1.82) is 0 Å².